The Hall–Kier alpha value is -1.35. The van der Waals surface area contributed by atoms with E-state index in [2.05, 4.69) is 0 Å². The van der Waals surface area contributed by atoms with Gasteiger partial charge in [0.05, 0.1) is 32.5 Å². The van der Waals surface area contributed by atoms with Crippen LogP contribution < -0.4 is 9.47 Å². The molecule has 3 atom stereocenters. The summed E-state index contributed by atoms with van der Waals surface area (Å²) in [5, 5.41) is 0. The molecule has 0 bridgehead atoms. The first-order chi connectivity index (χ1) is 12.4. The molecular formula is C18H28N2O5S. The molecule has 1 aromatic carbocycles. The Balaban J connectivity index is 1.90. The molecule has 0 aliphatic carbocycles. The summed E-state index contributed by atoms with van der Waals surface area (Å²) < 4.78 is 46.2. The number of rotatable bonds is 5. The quantitative estimate of drug-likeness (QED) is 0.778. The topological polar surface area (TPSA) is 68.3 Å². The lowest BCUT2D eigenvalue weighted by molar-refractivity contribution is -0.0455. The summed E-state index contributed by atoms with van der Waals surface area (Å²) in [4.78, 5) is 0. The molecule has 8 heteroatoms. The summed E-state index contributed by atoms with van der Waals surface area (Å²) in [6, 6.07) is 5.33. The maximum absolute atomic E-state index is 13.3. The van der Waals surface area contributed by atoms with Gasteiger partial charge in [-0.2, -0.15) is 17.0 Å². The zero-order chi connectivity index (χ0) is 18.9. The van der Waals surface area contributed by atoms with Gasteiger partial charge in [-0.15, -0.1) is 0 Å². The zero-order valence-electron chi connectivity index (χ0n) is 15.8. The van der Waals surface area contributed by atoms with Crippen LogP contribution >= 0.6 is 0 Å². The summed E-state index contributed by atoms with van der Waals surface area (Å²) in [6.07, 6.45) is 1.39. The normalized spacial score (nSPS) is 28.2. The van der Waals surface area contributed by atoms with Crippen molar-refractivity contribution in [3.05, 3.63) is 23.8 Å². The first-order valence-corrected chi connectivity index (χ1v) is 10.4. The van der Waals surface area contributed by atoms with Crippen molar-refractivity contribution < 1.29 is 22.6 Å². The molecule has 0 saturated carbocycles. The lowest BCUT2D eigenvalue weighted by Crippen LogP contribution is -2.52. The van der Waals surface area contributed by atoms with Gasteiger partial charge in [0, 0.05) is 31.3 Å². The van der Waals surface area contributed by atoms with Crippen molar-refractivity contribution in [1.82, 2.24) is 8.61 Å². The number of nitrogens with zero attached hydrogens (tertiary/aromatic N) is 2. The highest BCUT2D eigenvalue weighted by Crippen LogP contribution is 2.41. The maximum Gasteiger partial charge on any atom is 0.282 e. The van der Waals surface area contributed by atoms with Crippen molar-refractivity contribution in [2.24, 2.45) is 0 Å². The Morgan fingerprint density at radius 3 is 2.42 bits per heavy atom. The Morgan fingerprint density at radius 1 is 1.12 bits per heavy atom. The monoisotopic (exact) mass is 384 g/mol. The van der Waals surface area contributed by atoms with Crippen molar-refractivity contribution in [2.45, 2.75) is 44.9 Å². The molecule has 2 heterocycles. The molecule has 0 aromatic heterocycles. The van der Waals surface area contributed by atoms with Crippen LogP contribution in [0.3, 0.4) is 0 Å². The third-order valence-corrected chi connectivity index (χ3v) is 6.99. The lowest BCUT2D eigenvalue weighted by Gasteiger charge is -2.38. The van der Waals surface area contributed by atoms with E-state index < -0.39 is 10.2 Å². The van der Waals surface area contributed by atoms with Gasteiger partial charge in [-0.1, -0.05) is 6.07 Å². The van der Waals surface area contributed by atoms with Gasteiger partial charge in [0.15, 0.2) is 0 Å². The predicted molar refractivity (Wildman–Crippen MR) is 98.7 cm³/mol. The highest BCUT2D eigenvalue weighted by Gasteiger charge is 2.42. The summed E-state index contributed by atoms with van der Waals surface area (Å²) in [5.41, 5.74) is 0.878. The van der Waals surface area contributed by atoms with Crippen LogP contribution in [-0.4, -0.2) is 63.1 Å². The average molecular weight is 384 g/mol. The number of hydrogen-bond donors (Lipinski definition) is 0. The van der Waals surface area contributed by atoms with Crippen LogP contribution in [0.4, 0.5) is 0 Å². The molecule has 1 aromatic rings. The Kier molecular flexibility index (Phi) is 5.76. The fourth-order valence-electron chi connectivity index (χ4n) is 3.89. The van der Waals surface area contributed by atoms with Crippen LogP contribution in [0.5, 0.6) is 11.5 Å². The number of benzene rings is 1. The Morgan fingerprint density at radius 2 is 1.81 bits per heavy atom. The highest BCUT2D eigenvalue weighted by atomic mass is 32.2. The predicted octanol–water partition coefficient (Wildman–Crippen LogP) is 2.19. The minimum Gasteiger partial charge on any atom is -0.497 e. The van der Waals surface area contributed by atoms with Crippen molar-refractivity contribution in [1.29, 1.82) is 0 Å². The molecule has 2 aliphatic heterocycles. The minimum absolute atomic E-state index is 0.106. The van der Waals surface area contributed by atoms with Crippen LogP contribution in [0.1, 0.15) is 38.3 Å². The van der Waals surface area contributed by atoms with Gasteiger partial charge in [-0.25, -0.2) is 0 Å². The van der Waals surface area contributed by atoms with E-state index in [0.717, 1.165) is 18.4 Å². The van der Waals surface area contributed by atoms with Crippen LogP contribution in [0.2, 0.25) is 0 Å². The second-order valence-corrected chi connectivity index (χ2v) is 8.84. The smallest absolute Gasteiger partial charge is 0.282 e. The van der Waals surface area contributed by atoms with E-state index in [1.165, 1.54) is 0 Å². The molecule has 3 rings (SSSR count). The standard InChI is InChI=1S/C18H28N2O5S/c1-13-11-19(12-14(2)25-13)26(21,22)20-9-5-6-17(20)16-8-7-15(23-3)10-18(16)24-4/h7-8,10,13-14,17H,5-6,9,11-12H2,1-4H3/t13-,14+,17-/m0/s1. The molecule has 0 unspecified atom stereocenters. The van der Waals surface area contributed by atoms with Crippen molar-refractivity contribution >= 4 is 10.2 Å². The van der Waals surface area contributed by atoms with E-state index in [9.17, 15) is 8.42 Å². The molecule has 146 valence electrons. The molecule has 26 heavy (non-hydrogen) atoms. The van der Waals surface area contributed by atoms with Crippen LogP contribution in [0.15, 0.2) is 18.2 Å². The van der Waals surface area contributed by atoms with E-state index in [-0.39, 0.29) is 18.2 Å². The van der Waals surface area contributed by atoms with Gasteiger partial charge in [-0.3, -0.25) is 0 Å². The molecule has 2 aliphatic rings. The van der Waals surface area contributed by atoms with Crippen molar-refractivity contribution in [3.8, 4) is 11.5 Å². The fraction of sp³-hybridized carbons (Fsp3) is 0.667. The van der Waals surface area contributed by atoms with E-state index in [1.54, 1.807) is 28.9 Å². The second kappa shape index (κ2) is 7.72. The largest absolute Gasteiger partial charge is 0.497 e. The Labute approximate surface area is 156 Å². The van der Waals surface area contributed by atoms with Gasteiger partial charge in [0.25, 0.3) is 10.2 Å². The maximum atomic E-state index is 13.3. The van der Waals surface area contributed by atoms with Crippen molar-refractivity contribution in [3.63, 3.8) is 0 Å². The third kappa shape index (κ3) is 3.69. The molecule has 0 radical (unpaired) electrons. The molecule has 0 N–H and O–H groups in total. The SMILES string of the molecule is COc1ccc([C@@H]2CCCN2S(=O)(=O)N2C[C@@H](C)O[C@@H](C)C2)c(OC)c1. The molecule has 0 amide bonds. The molecule has 2 fully saturated rings. The second-order valence-electron chi connectivity index (χ2n) is 6.96. The van der Waals surface area contributed by atoms with E-state index >= 15 is 0 Å². The van der Waals surface area contributed by atoms with E-state index in [4.69, 9.17) is 14.2 Å². The number of methoxy groups -OCH3 is 2. The number of hydrogen-bond acceptors (Lipinski definition) is 5. The Bertz CT molecular complexity index is 729. The summed E-state index contributed by atoms with van der Waals surface area (Å²) in [7, 11) is -0.372. The molecule has 0 spiro atoms. The van der Waals surface area contributed by atoms with Gasteiger partial charge in [-0.05, 0) is 32.8 Å². The molecular weight excluding hydrogens is 356 g/mol. The fourth-order valence-corrected chi connectivity index (χ4v) is 5.88. The van der Waals surface area contributed by atoms with Crippen LogP contribution in [0.25, 0.3) is 0 Å². The number of morpholine rings is 1. The lowest BCUT2D eigenvalue weighted by atomic mass is 10.0. The molecule has 2 saturated heterocycles. The minimum atomic E-state index is -3.57. The van der Waals surface area contributed by atoms with Gasteiger partial charge in [0.2, 0.25) is 0 Å². The van der Waals surface area contributed by atoms with Gasteiger partial charge in [0.1, 0.15) is 11.5 Å². The summed E-state index contributed by atoms with van der Waals surface area (Å²) in [5.74, 6) is 1.34. The highest BCUT2D eigenvalue weighted by molar-refractivity contribution is 7.86. The first kappa shape index (κ1) is 19.4. The average Bonchev–Trinajstić information content (AvgIpc) is 3.10. The zero-order valence-corrected chi connectivity index (χ0v) is 16.7. The first-order valence-electron chi connectivity index (χ1n) is 9.01. The number of ether oxygens (including phenoxy) is 3. The van der Waals surface area contributed by atoms with Gasteiger partial charge >= 0.3 is 0 Å². The van der Waals surface area contributed by atoms with Gasteiger partial charge < -0.3 is 14.2 Å². The summed E-state index contributed by atoms with van der Waals surface area (Å²) in [6.45, 7) is 5.10. The van der Waals surface area contributed by atoms with E-state index in [0.29, 0.717) is 31.1 Å². The molecule has 7 nitrogen and oxygen atoms in total. The van der Waals surface area contributed by atoms with Crippen LogP contribution in [-0.2, 0) is 14.9 Å². The third-order valence-electron chi connectivity index (χ3n) is 5.01. The van der Waals surface area contributed by atoms with E-state index in [1.807, 2.05) is 26.0 Å². The summed E-state index contributed by atoms with van der Waals surface area (Å²) >= 11 is 0. The van der Waals surface area contributed by atoms with Crippen LogP contribution in [0, 0.1) is 0 Å². The van der Waals surface area contributed by atoms with Crippen molar-refractivity contribution in [2.75, 3.05) is 33.9 Å².